The first kappa shape index (κ1) is 13.8. The van der Waals surface area contributed by atoms with Crippen LogP contribution in [0.3, 0.4) is 0 Å². The van der Waals surface area contributed by atoms with Gasteiger partial charge in [-0.15, -0.1) is 11.6 Å². The summed E-state index contributed by atoms with van der Waals surface area (Å²) in [6.07, 6.45) is 1.65. The van der Waals surface area contributed by atoms with E-state index in [2.05, 4.69) is 31.1 Å². The first-order valence-electron chi connectivity index (χ1n) is 5.97. The van der Waals surface area contributed by atoms with Crippen molar-refractivity contribution in [3.8, 4) is 0 Å². The van der Waals surface area contributed by atoms with Gasteiger partial charge in [0.25, 0.3) is 0 Å². The third kappa shape index (κ3) is 3.95. The van der Waals surface area contributed by atoms with E-state index in [9.17, 15) is 4.79 Å². The predicted octanol–water partition coefficient (Wildman–Crippen LogP) is 1.71. The summed E-state index contributed by atoms with van der Waals surface area (Å²) in [6.45, 7) is 7.53. The number of halogens is 1. The quantitative estimate of drug-likeness (QED) is 0.749. The van der Waals surface area contributed by atoms with E-state index in [1.165, 1.54) is 13.0 Å². The van der Waals surface area contributed by atoms with Gasteiger partial charge in [-0.05, 0) is 31.3 Å². The molecule has 4 heteroatoms. The van der Waals surface area contributed by atoms with Crippen LogP contribution in [0.25, 0.3) is 0 Å². The highest BCUT2D eigenvalue weighted by molar-refractivity contribution is 6.18. The zero-order chi connectivity index (χ0) is 12.2. The van der Waals surface area contributed by atoms with E-state index in [-0.39, 0.29) is 11.3 Å². The fourth-order valence-electron chi connectivity index (χ4n) is 2.22. The van der Waals surface area contributed by atoms with Crippen LogP contribution in [-0.4, -0.2) is 43.4 Å². The number of amides is 1. The van der Waals surface area contributed by atoms with Crippen molar-refractivity contribution in [2.75, 3.05) is 32.6 Å². The largest absolute Gasteiger partial charge is 0.356 e. The number of hydrogen-bond acceptors (Lipinski definition) is 2. The highest BCUT2D eigenvalue weighted by Crippen LogP contribution is 2.33. The van der Waals surface area contributed by atoms with Gasteiger partial charge in [-0.2, -0.15) is 0 Å². The minimum Gasteiger partial charge on any atom is -0.356 e. The summed E-state index contributed by atoms with van der Waals surface area (Å²) >= 11 is 5.53. The fraction of sp³-hybridized carbons (Fsp3) is 0.917. The van der Waals surface area contributed by atoms with Crippen LogP contribution in [0, 0.1) is 11.3 Å². The number of alkyl halides is 1. The molecule has 0 spiro atoms. The van der Waals surface area contributed by atoms with Crippen molar-refractivity contribution in [2.45, 2.75) is 26.7 Å². The number of hydrogen-bond donors (Lipinski definition) is 1. The number of carbonyl (C=O) groups excluding carboxylic acids is 1. The molecule has 94 valence electrons. The number of carbonyl (C=O) groups is 1. The standard InChI is InChI=1S/C12H23ClN2O/c1-12(2,9-14-11(16)4-6-13)10-5-7-15(3)8-10/h10H,4-9H2,1-3H3,(H,14,16). The van der Waals surface area contributed by atoms with Gasteiger partial charge in [0, 0.05) is 25.4 Å². The van der Waals surface area contributed by atoms with Crippen molar-refractivity contribution >= 4 is 17.5 Å². The zero-order valence-corrected chi connectivity index (χ0v) is 11.3. The Morgan fingerprint density at radius 2 is 2.25 bits per heavy atom. The van der Waals surface area contributed by atoms with Crippen LogP contribution in [0.2, 0.25) is 0 Å². The Kier molecular flexibility index (Phi) is 5.06. The second-order valence-electron chi connectivity index (χ2n) is 5.45. The van der Waals surface area contributed by atoms with E-state index in [4.69, 9.17) is 11.6 Å². The van der Waals surface area contributed by atoms with Crippen LogP contribution in [-0.2, 0) is 4.79 Å². The molecule has 1 aliphatic rings. The average molecular weight is 247 g/mol. The molecular weight excluding hydrogens is 224 g/mol. The number of likely N-dealkylation sites (tertiary alicyclic amines) is 1. The molecule has 0 bridgehead atoms. The highest BCUT2D eigenvalue weighted by Gasteiger charge is 2.33. The molecule has 0 radical (unpaired) electrons. The molecule has 0 saturated carbocycles. The normalized spacial score (nSPS) is 22.4. The average Bonchev–Trinajstić information content (AvgIpc) is 2.63. The fourth-order valence-corrected chi connectivity index (χ4v) is 2.39. The molecule has 1 fully saturated rings. The van der Waals surface area contributed by atoms with E-state index >= 15 is 0 Å². The van der Waals surface area contributed by atoms with E-state index < -0.39 is 0 Å². The summed E-state index contributed by atoms with van der Waals surface area (Å²) in [5.74, 6) is 1.14. The monoisotopic (exact) mass is 246 g/mol. The molecule has 0 aliphatic carbocycles. The third-order valence-electron chi connectivity index (χ3n) is 3.56. The van der Waals surface area contributed by atoms with Gasteiger partial charge >= 0.3 is 0 Å². The lowest BCUT2D eigenvalue weighted by Gasteiger charge is -2.31. The maximum Gasteiger partial charge on any atom is 0.221 e. The van der Waals surface area contributed by atoms with Gasteiger partial charge in [0.15, 0.2) is 0 Å². The molecule has 16 heavy (non-hydrogen) atoms. The van der Waals surface area contributed by atoms with E-state index in [1.54, 1.807) is 0 Å². The summed E-state index contributed by atoms with van der Waals surface area (Å²) in [7, 11) is 2.15. The summed E-state index contributed by atoms with van der Waals surface area (Å²) in [5.41, 5.74) is 0.173. The molecule has 1 aliphatic heterocycles. The lowest BCUT2D eigenvalue weighted by Crippen LogP contribution is -2.39. The summed E-state index contributed by atoms with van der Waals surface area (Å²) in [5, 5.41) is 2.97. The van der Waals surface area contributed by atoms with Crippen molar-refractivity contribution in [2.24, 2.45) is 11.3 Å². The van der Waals surface area contributed by atoms with Gasteiger partial charge in [-0.1, -0.05) is 13.8 Å². The van der Waals surface area contributed by atoms with Gasteiger partial charge in [-0.25, -0.2) is 0 Å². The lowest BCUT2D eigenvalue weighted by atomic mass is 9.78. The van der Waals surface area contributed by atoms with Crippen molar-refractivity contribution in [3.63, 3.8) is 0 Å². The van der Waals surface area contributed by atoms with Crippen LogP contribution in [0.15, 0.2) is 0 Å². The highest BCUT2D eigenvalue weighted by atomic mass is 35.5. The molecule has 1 amide bonds. The van der Waals surface area contributed by atoms with Gasteiger partial charge in [0.05, 0.1) is 0 Å². The summed E-state index contributed by atoms with van der Waals surface area (Å²) < 4.78 is 0. The van der Waals surface area contributed by atoms with Crippen LogP contribution in [0.1, 0.15) is 26.7 Å². The molecule has 0 aromatic carbocycles. The Bertz CT molecular complexity index is 243. The number of nitrogens with one attached hydrogen (secondary N) is 1. The molecule has 1 saturated heterocycles. The first-order chi connectivity index (χ1) is 7.45. The van der Waals surface area contributed by atoms with Crippen molar-refractivity contribution < 1.29 is 4.79 Å². The van der Waals surface area contributed by atoms with E-state index in [0.717, 1.165) is 13.1 Å². The van der Waals surface area contributed by atoms with Crippen molar-refractivity contribution in [1.82, 2.24) is 10.2 Å². The van der Waals surface area contributed by atoms with Gasteiger partial charge in [-0.3, -0.25) is 4.79 Å². The topological polar surface area (TPSA) is 32.3 Å². The molecule has 1 N–H and O–H groups in total. The number of nitrogens with zero attached hydrogens (tertiary/aromatic N) is 1. The number of rotatable bonds is 5. The minimum atomic E-state index is 0.0643. The second kappa shape index (κ2) is 5.87. The van der Waals surface area contributed by atoms with E-state index in [1.807, 2.05) is 0 Å². The minimum absolute atomic E-state index is 0.0643. The van der Waals surface area contributed by atoms with Crippen LogP contribution in [0.4, 0.5) is 0 Å². The summed E-state index contributed by atoms with van der Waals surface area (Å²) in [4.78, 5) is 13.7. The predicted molar refractivity (Wildman–Crippen MR) is 67.7 cm³/mol. The second-order valence-corrected chi connectivity index (χ2v) is 5.83. The smallest absolute Gasteiger partial charge is 0.221 e. The SMILES string of the molecule is CN1CCC(C(C)(C)CNC(=O)CCCl)C1. The lowest BCUT2D eigenvalue weighted by molar-refractivity contribution is -0.121. The molecule has 0 aromatic heterocycles. The maximum absolute atomic E-state index is 11.4. The van der Waals surface area contributed by atoms with Crippen molar-refractivity contribution in [3.05, 3.63) is 0 Å². The van der Waals surface area contributed by atoms with Gasteiger partial charge < -0.3 is 10.2 Å². The van der Waals surface area contributed by atoms with Crippen LogP contribution in [0.5, 0.6) is 0 Å². The maximum atomic E-state index is 11.4. The zero-order valence-electron chi connectivity index (χ0n) is 10.6. The molecule has 1 rings (SSSR count). The van der Waals surface area contributed by atoms with Crippen LogP contribution < -0.4 is 5.32 Å². The molecule has 1 unspecified atom stereocenters. The molecular formula is C12H23ClN2O. The molecule has 1 atom stereocenters. The molecule has 3 nitrogen and oxygen atoms in total. The van der Waals surface area contributed by atoms with Gasteiger partial charge in [0.2, 0.25) is 5.91 Å². The van der Waals surface area contributed by atoms with Crippen LogP contribution >= 0.6 is 11.6 Å². The first-order valence-corrected chi connectivity index (χ1v) is 6.50. The van der Waals surface area contributed by atoms with Crippen molar-refractivity contribution in [1.29, 1.82) is 0 Å². The Morgan fingerprint density at radius 3 is 2.75 bits per heavy atom. The van der Waals surface area contributed by atoms with E-state index in [0.29, 0.717) is 18.2 Å². The van der Waals surface area contributed by atoms with Gasteiger partial charge in [0.1, 0.15) is 0 Å². The Balaban J connectivity index is 2.36. The third-order valence-corrected chi connectivity index (χ3v) is 3.75. The Morgan fingerprint density at radius 1 is 1.56 bits per heavy atom. The summed E-state index contributed by atoms with van der Waals surface area (Å²) in [6, 6.07) is 0. The molecule has 1 heterocycles. The Labute approximate surface area is 104 Å². The molecule has 0 aromatic rings. The Hall–Kier alpha value is -0.280.